The van der Waals surface area contributed by atoms with E-state index in [9.17, 15) is 9.90 Å². The molecule has 2 rings (SSSR count). The third-order valence-electron chi connectivity index (χ3n) is 1.97. The maximum absolute atomic E-state index is 10.8. The smallest absolute Gasteiger partial charge is 0.340 e. The highest BCUT2D eigenvalue weighted by Crippen LogP contribution is 2.22. The highest BCUT2D eigenvalue weighted by molar-refractivity contribution is 5.60. The Morgan fingerprint density at radius 2 is 2.21 bits per heavy atom. The van der Waals surface area contributed by atoms with Crippen molar-refractivity contribution in [3.05, 3.63) is 34.2 Å². The highest BCUT2D eigenvalue weighted by Gasteiger charge is 2.05. The molecular weight excluding hydrogens is 182 g/mol. The Labute approximate surface area is 79.4 Å². The summed E-state index contributed by atoms with van der Waals surface area (Å²) in [5.74, 6) is 0.677. The van der Waals surface area contributed by atoms with Gasteiger partial charge in [-0.1, -0.05) is 0 Å². The van der Waals surface area contributed by atoms with Crippen LogP contribution < -0.4 is 5.69 Å². The lowest BCUT2D eigenvalue weighted by atomic mass is 10.1. The van der Waals surface area contributed by atoms with Crippen molar-refractivity contribution in [2.45, 2.75) is 6.92 Å². The molecule has 0 aliphatic rings. The number of aryl methyl sites for hydroxylation is 1. The molecule has 0 saturated carbocycles. The number of aromatic nitrogens is 3. The van der Waals surface area contributed by atoms with E-state index < -0.39 is 0 Å². The summed E-state index contributed by atoms with van der Waals surface area (Å²) in [5, 5.41) is 15.3. The molecule has 1 heterocycles. The van der Waals surface area contributed by atoms with E-state index in [0.29, 0.717) is 5.82 Å². The van der Waals surface area contributed by atoms with Gasteiger partial charge in [0.1, 0.15) is 5.75 Å². The van der Waals surface area contributed by atoms with E-state index in [1.165, 1.54) is 0 Å². The second kappa shape index (κ2) is 3.02. The van der Waals surface area contributed by atoms with Gasteiger partial charge in [-0.2, -0.15) is 5.10 Å². The third kappa shape index (κ3) is 1.39. The van der Waals surface area contributed by atoms with Crippen molar-refractivity contribution in [3.63, 3.8) is 0 Å². The van der Waals surface area contributed by atoms with Crippen LogP contribution in [0.4, 0.5) is 0 Å². The molecule has 72 valence electrons. The molecule has 0 bridgehead atoms. The summed E-state index contributed by atoms with van der Waals surface area (Å²) in [4.78, 5) is 13.4. The first-order chi connectivity index (χ1) is 6.66. The SMILES string of the molecule is Cc1cc(O)ccc1-c1n[nH]c(=O)[nH]1. The van der Waals surface area contributed by atoms with E-state index in [1.54, 1.807) is 18.2 Å². The average molecular weight is 191 g/mol. The molecule has 0 fully saturated rings. The zero-order chi connectivity index (χ0) is 10.1. The number of nitrogens with zero attached hydrogens (tertiary/aromatic N) is 1. The minimum absolute atomic E-state index is 0.198. The van der Waals surface area contributed by atoms with E-state index >= 15 is 0 Å². The van der Waals surface area contributed by atoms with Gasteiger partial charge in [0.05, 0.1) is 0 Å². The van der Waals surface area contributed by atoms with E-state index in [4.69, 9.17) is 0 Å². The van der Waals surface area contributed by atoms with Gasteiger partial charge in [-0.25, -0.2) is 9.89 Å². The zero-order valence-electron chi connectivity index (χ0n) is 7.53. The van der Waals surface area contributed by atoms with Crippen LogP contribution in [0.15, 0.2) is 23.0 Å². The lowest BCUT2D eigenvalue weighted by Crippen LogP contribution is -2.00. The van der Waals surface area contributed by atoms with Crippen LogP contribution in [0.1, 0.15) is 5.56 Å². The molecule has 3 N–H and O–H groups in total. The fourth-order valence-corrected chi connectivity index (χ4v) is 1.31. The molecule has 0 aliphatic carbocycles. The summed E-state index contributed by atoms with van der Waals surface area (Å²) < 4.78 is 0. The quantitative estimate of drug-likeness (QED) is 0.623. The number of H-pyrrole nitrogens is 2. The van der Waals surface area contributed by atoms with E-state index in [0.717, 1.165) is 11.1 Å². The molecule has 0 atom stereocenters. The Kier molecular flexibility index (Phi) is 1.85. The Morgan fingerprint density at radius 1 is 1.43 bits per heavy atom. The van der Waals surface area contributed by atoms with Crippen LogP contribution in [0, 0.1) is 6.92 Å². The largest absolute Gasteiger partial charge is 0.508 e. The monoisotopic (exact) mass is 191 g/mol. The van der Waals surface area contributed by atoms with E-state index in [-0.39, 0.29) is 11.4 Å². The Bertz CT molecular complexity index is 513. The predicted octanol–water partition coefficient (Wildman–Crippen LogP) is 0.779. The standard InChI is InChI=1S/C9H9N3O2/c1-5-4-6(13)2-3-7(5)8-10-9(14)12-11-8/h2-4,13H,1H3,(H2,10,11,12,14). The molecule has 2 aromatic rings. The van der Waals surface area contributed by atoms with Crippen molar-refractivity contribution >= 4 is 0 Å². The number of benzene rings is 1. The fourth-order valence-electron chi connectivity index (χ4n) is 1.31. The van der Waals surface area contributed by atoms with Crippen LogP contribution >= 0.6 is 0 Å². The molecular formula is C9H9N3O2. The normalized spacial score (nSPS) is 10.4. The van der Waals surface area contributed by atoms with E-state index in [2.05, 4.69) is 15.2 Å². The van der Waals surface area contributed by atoms with Crippen LogP contribution in [0.2, 0.25) is 0 Å². The summed E-state index contributed by atoms with van der Waals surface area (Å²) >= 11 is 0. The minimum Gasteiger partial charge on any atom is -0.508 e. The third-order valence-corrected chi connectivity index (χ3v) is 1.97. The first kappa shape index (κ1) is 8.55. The number of hydrogen-bond acceptors (Lipinski definition) is 3. The van der Waals surface area contributed by atoms with Crippen molar-refractivity contribution in [1.82, 2.24) is 15.2 Å². The highest BCUT2D eigenvalue weighted by atomic mass is 16.3. The number of nitrogens with one attached hydrogen (secondary N) is 2. The second-order valence-electron chi connectivity index (χ2n) is 3.03. The number of aromatic hydroxyl groups is 1. The Morgan fingerprint density at radius 3 is 2.79 bits per heavy atom. The topological polar surface area (TPSA) is 81.8 Å². The van der Waals surface area contributed by atoms with Gasteiger partial charge < -0.3 is 5.11 Å². The van der Waals surface area contributed by atoms with Crippen molar-refractivity contribution in [1.29, 1.82) is 0 Å². The van der Waals surface area contributed by atoms with Crippen molar-refractivity contribution in [3.8, 4) is 17.1 Å². The molecule has 0 aliphatic heterocycles. The van der Waals surface area contributed by atoms with Crippen LogP contribution in [0.25, 0.3) is 11.4 Å². The van der Waals surface area contributed by atoms with Gasteiger partial charge in [-0.15, -0.1) is 0 Å². The summed E-state index contributed by atoms with van der Waals surface area (Å²) in [6.07, 6.45) is 0. The number of phenols is 1. The molecule has 1 aromatic carbocycles. The summed E-state index contributed by atoms with van der Waals surface area (Å²) in [6.45, 7) is 1.84. The molecule has 5 heteroatoms. The predicted molar refractivity (Wildman–Crippen MR) is 51.0 cm³/mol. The summed E-state index contributed by atoms with van der Waals surface area (Å²) in [6, 6.07) is 4.87. The van der Waals surface area contributed by atoms with Crippen molar-refractivity contribution in [2.75, 3.05) is 0 Å². The number of rotatable bonds is 1. The second-order valence-corrected chi connectivity index (χ2v) is 3.03. The van der Waals surface area contributed by atoms with Gasteiger partial charge in [0, 0.05) is 5.56 Å². The van der Waals surface area contributed by atoms with Crippen LogP contribution in [0.5, 0.6) is 5.75 Å². The summed E-state index contributed by atoms with van der Waals surface area (Å²) in [5.41, 5.74) is 1.31. The fraction of sp³-hybridized carbons (Fsp3) is 0.111. The van der Waals surface area contributed by atoms with Crippen molar-refractivity contribution < 1.29 is 5.11 Å². The number of aromatic amines is 2. The molecule has 14 heavy (non-hydrogen) atoms. The molecule has 0 unspecified atom stereocenters. The Hall–Kier alpha value is -2.04. The lowest BCUT2D eigenvalue weighted by molar-refractivity contribution is 0.475. The van der Waals surface area contributed by atoms with Crippen LogP contribution in [-0.2, 0) is 0 Å². The summed E-state index contributed by atoms with van der Waals surface area (Å²) in [7, 11) is 0. The molecule has 5 nitrogen and oxygen atoms in total. The van der Waals surface area contributed by atoms with Crippen molar-refractivity contribution in [2.24, 2.45) is 0 Å². The minimum atomic E-state index is -0.340. The zero-order valence-corrected chi connectivity index (χ0v) is 7.53. The van der Waals surface area contributed by atoms with Gasteiger partial charge in [-0.3, -0.25) is 4.98 Å². The average Bonchev–Trinajstić information content (AvgIpc) is 2.51. The molecule has 0 spiro atoms. The first-order valence-corrected chi connectivity index (χ1v) is 4.11. The van der Waals surface area contributed by atoms with Gasteiger partial charge >= 0.3 is 5.69 Å². The Balaban J connectivity index is 2.57. The molecule has 0 radical (unpaired) electrons. The van der Waals surface area contributed by atoms with Gasteiger partial charge in [0.2, 0.25) is 0 Å². The van der Waals surface area contributed by atoms with Gasteiger partial charge in [0.15, 0.2) is 5.82 Å². The number of phenolic OH excluding ortho intramolecular Hbond substituents is 1. The molecule has 0 amide bonds. The van der Waals surface area contributed by atoms with Crippen LogP contribution in [-0.4, -0.2) is 20.3 Å². The maximum atomic E-state index is 10.8. The number of hydrogen-bond donors (Lipinski definition) is 3. The van der Waals surface area contributed by atoms with Crippen LogP contribution in [0.3, 0.4) is 0 Å². The molecule has 0 saturated heterocycles. The van der Waals surface area contributed by atoms with E-state index in [1.807, 2.05) is 6.92 Å². The first-order valence-electron chi connectivity index (χ1n) is 4.11. The van der Waals surface area contributed by atoms with Gasteiger partial charge in [-0.05, 0) is 30.7 Å². The molecule has 1 aromatic heterocycles. The van der Waals surface area contributed by atoms with Gasteiger partial charge in [0.25, 0.3) is 0 Å². The lowest BCUT2D eigenvalue weighted by Gasteiger charge is -2.01. The maximum Gasteiger partial charge on any atom is 0.340 e.